The molecule has 0 aromatic carbocycles. The topological polar surface area (TPSA) is 49.7 Å². The Hall–Kier alpha value is -0.380. The summed E-state index contributed by atoms with van der Waals surface area (Å²) < 4.78 is 6.66. The van der Waals surface area contributed by atoms with Gasteiger partial charge in [0.25, 0.3) is 0 Å². The maximum Gasteiger partial charge on any atom is 0.0959 e. The van der Waals surface area contributed by atoms with Gasteiger partial charge in [0.2, 0.25) is 0 Å². The molecule has 0 aromatic heterocycles. The summed E-state index contributed by atoms with van der Waals surface area (Å²) in [5.74, 6) is 0.200. The Bertz CT molecular complexity index is 455. The Morgan fingerprint density at radius 2 is 1.90 bits per heavy atom. The smallest absolute Gasteiger partial charge is 0.0959 e. The van der Waals surface area contributed by atoms with Gasteiger partial charge in [-0.05, 0) is 51.5 Å². The highest BCUT2D eigenvalue weighted by Gasteiger charge is 2.67. The number of unbranched alkanes of at least 4 members (excludes halogenated alkanes) is 1. The Labute approximate surface area is 128 Å². The van der Waals surface area contributed by atoms with E-state index in [0.29, 0.717) is 6.42 Å². The number of ether oxygens (including phenoxy) is 1. The van der Waals surface area contributed by atoms with Crippen molar-refractivity contribution in [2.45, 2.75) is 89.6 Å². The Morgan fingerprint density at radius 3 is 2.57 bits per heavy atom. The fourth-order valence-electron chi connectivity index (χ4n) is 5.23. The average Bonchev–Trinajstić information content (AvgIpc) is 2.62. The molecule has 3 aliphatic rings. The third kappa shape index (κ3) is 2.12. The predicted octanol–water partition coefficient (Wildman–Crippen LogP) is 3.19. The summed E-state index contributed by atoms with van der Waals surface area (Å²) in [7, 11) is 0. The number of fused-ring (bicyclic) bond motifs is 1. The van der Waals surface area contributed by atoms with Gasteiger partial charge >= 0.3 is 0 Å². The van der Waals surface area contributed by atoms with Gasteiger partial charge in [-0.1, -0.05) is 26.3 Å². The maximum absolute atomic E-state index is 10.6. The molecule has 1 saturated heterocycles. The third-order valence-electron chi connectivity index (χ3n) is 6.31. The second-order valence-corrected chi connectivity index (χ2v) is 8.24. The van der Waals surface area contributed by atoms with Crippen LogP contribution in [0.25, 0.3) is 0 Å². The van der Waals surface area contributed by atoms with Gasteiger partial charge in [0.1, 0.15) is 0 Å². The lowest BCUT2D eigenvalue weighted by Crippen LogP contribution is -2.56. The van der Waals surface area contributed by atoms with Crippen LogP contribution in [-0.4, -0.2) is 33.6 Å². The van der Waals surface area contributed by atoms with Crippen LogP contribution >= 0.6 is 0 Å². The highest BCUT2D eigenvalue weighted by Crippen LogP contribution is 2.65. The molecule has 2 fully saturated rings. The van der Waals surface area contributed by atoms with Crippen LogP contribution in [0.15, 0.2) is 11.6 Å². The van der Waals surface area contributed by atoms with Crippen molar-refractivity contribution in [3.05, 3.63) is 11.6 Å². The van der Waals surface area contributed by atoms with Gasteiger partial charge in [-0.2, -0.15) is 0 Å². The van der Waals surface area contributed by atoms with Crippen molar-refractivity contribution in [1.82, 2.24) is 0 Å². The van der Waals surface area contributed by atoms with Crippen LogP contribution in [0, 0.1) is 11.3 Å². The summed E-state index contributed by atoms with van der Waals surface area (Å²) >= 11 is 0. The van der Waals surface area contributed by atoms with E-state index in [1.54, 1.807) is 0 Å². The van der Waals surface area contributed by atoms with Gasteiger partial charge in [-0.3, -0.25) is 0 Å². The van der Waals surface area contributed by atoms with E-state index in [-0.39, 0.29) is 28.6 Å². The average molecular weight is 294 g/mol. The molecule has 3 nitrogen and oxygen atoms in total. The number of rotatable bonds is 3. The molecular weight excluding hydrogens is 264 g/mol. The maximum atomic E-state index is 10.6. The van der Waals surface area contributed by atoms with Crippen molar-refractivity contribution in [3.63, 3.8) is 0 Å². The molecule has 1 heterocycles. The van der Waals surface area contributed by atoms with E-state index in [1.807, 2.05) is 6.08 Å². The molecule has 5 atom stereocenters. The molecule has 2 aliphatic carbocycles. The first-order valence-corrected chi connectivity index (χ1v) is 8.51. The number of hydrogen-bond acceptors (Lipinski definition) is 3. The van der Waals surface area contributed by atoms with E-state index in [0.717, 1.165) is 32.1 Å². The molecule has 21 heavy (non-hydrogen) atoms. The SMILES string of the molecule is CCCCC1=C[C@H](O)C[C@@]2(C)C[C@@H](O)[C@@H]3C[C@]12OC3(C)C. The quantitative estimate of drug-likeness (QED) is 0.786. The summed E-state index contributed by atoms with van der Waals surface area (Å²) in [5.41, 5.74) is 0.570. The molecule has 1 aliphatic heterocycles. The van der Waals surface area contributed by atoms with Crippen LogP contribution in [-0.2, 0) is 4.74 Å². The Balaban J connectivity index is 2.05. The summed E-state index contributed by atoms with van der Waals surface area (Å²) in [5, 5.41) is 20.9. The van der Waals surface area contributed by atoms with Crippen LogP contribution in [0.2, 0.25) is 0 Å². The first kappa shape index (κ1) is 15.5. The predicted molar refractivity (Wildman–Crippen MR) is 83.0 cm³/mol. The number of aliphatic hydroxyl groups excluding tert-OH is 2. The summed E-state index contributed by atoms with van der Waals surface area (Å²) in [6, 6.07) is 0. The van der Waals surface area contributed by atoms with Crippen molar-refractivity contribution in [2.24, 2.45) is 11.3 Å². The van der Waals surface area contributed by atoms with Crippen molar-refractivity contribution < 1.29 is 14.9 Å². The molecule has 0 unspecified atom stereocenters. The second-order valence-electron chi connectivity index (χ2n) is 8.24. The van der Waals surface area contributed by atoms with E-state index < -0.39 is 6.10 Å². The first-order valence-electron chi connectivity index (χ1n) is 8.51. The molecule has 0 radical (unpaired) electrons. The number of hydrogen-bond donors (Lipinski definition) is 2. The fourth-order valence-corrected chi connectivity index (χ4v) is 5.23. The Morgan fingerprint density at radius 1 is 1.19 bits per heavy atom. The molecule has 2 N–H and O–H groups in total. The van der Waals surface area contributed by atoms with E-state index in [1.165, 1.54) is 5.57 Å². The standard InChI is InChI=1S/C18H30O3/c1-5-6-7-12-8-13(19)9-17(4)11-15(20)14-10-18(12,17)21-16(14,2)3/h8,13-15,19-20H,5-7,9-11H2,1-4H3/t13-,14-,15+,17-,18-/m0/s1. The largest absolute Gasteiger partial charge is 0.393 e. The molecule has 2 bridgehead atoms. The molecule has 0 aromatic rings. The minimum atomic E-state index is -0.399. The van der Waals surface area contributed by atoms with E-state index >= 15 is 0 Å². The summed E-state index contributed by atoms with van der Waals surface area (Å²) in [6.45, 7) is 8.63. The molecule has 3 heteroatoms. The molecule has 0 amide bonds. The molecule has 120 valence electrons. The molecule has 1 spiro atoms. The lowest BCUT2D eigenvalue weighted by molar-refractivity contribution is -0.144. The van der Waals surface area contributed by atoms with Crippen LogP contribution < -0.4 is 0 Å². The van der Waals surface area contributed by atoms with E-state index in [9.17, 15) is 10.2 Å². The van der Waals surface area contributed by atoms with Gasteiger partial charge in [0.15, 0.2) is 0 Å². The van der Waals surface area contributed by atoms with Gasteiger partial charge in [-0.15, -0.1) is 0 Å². The van der Waals surface area contributed by atoms with Crippen LogP contribution in [0.1, 0.15) is 66.2 Å². The number of aliphatic hydroxyl groups is 2. The van der Waals surface area contributed by atoms with Crippen molar-refractivity contribution >= 4 is 0 Å². The zero-order chi connectivity index (χ0) is 15.5. The van der Waals surface area contributed by atoms with Crippen LogP contribution in [0.4, 0.5) is 0 Å². The van der Waals surface area contributed by atoms with Gasteiger partial charge in [-0.25, -0.2) is 0 Å². The van der Waals surface area contributed by atoms with Crippen LogP contribution in [0.3, 0.4) is 0 Å². The normalized spacial score (nSPS) is 47.9. The van der Waals surface area contributed by atoms with E-state index in [4.69, 9.17) is 4.74 Å². The zero-order valence-electron chi connectivity index (χ0n) is 13.9. The lowest BCUT2D eigenvalue weighted by atomic mass is 9.54. The summed E-state index contributed by atoms with van der Waals surface area (Å²) in [6.07, 6.45) is 6.95. The molecule has 1 saturated carbocycles. The fraction of sp³-hybridized carbons (Fsp3) is 0.889. The zero-order valence-corrected chi connectivity index (χ0v) is 13.9. The Kier molecular flexibility index (Phi) is 3.55. The van der Waals surface area contributed by atoms with Gasteiger partial charge in [0, 0.05) is 11.3 Å². The highest BCUT2D eigenvalue weighted by molar-refractivity contribution is 5.33. The van der Waals surface area contributed by atoms with Gasteiger partial charge in [0.05, 0.1) is 23.4 Å². The molecule has 3 rings (SSSR count). The van der Waals surface area contributed by atoms with Crippen LogP contribution in [0.5, 0.6) is 0 Å². The lowest BCUT2D eigenvalue weighted by Gasteiger charge is -2.54. The van der Waals surface area contributed by atoms with Crippen molar-refractivity contribution in [1.29, 1.82) is 0 Å². The highest BCUT2D eigenvalue weighted by atomic mass is 16.5. The minimum Gasteiger partial charge on any atom is -0.393 e. The minimum absolute atomic E-state index is 0.159. The second kappa shape index (κ2) is 4.81. The van der Waals surface area contributed by atoms with Crippen molar-refractivity contribution in [2.75, 3.05) is 0 Å². The summed E-state index contributed by atoms with van der Waals surface area (Å²) in [4.78, 5) is 0. The van der Waals surface area contributed by atoms with Crippen molar-refractivity contribution in [3.8, 4) is 0 Å². The van der Waals surface area contributed by atoms with E-state index in [2.05, 4.69) is 27.7 Å². The third-order valence-corrected chi connectivity index (χ3v) is 6.31. The first-order chi connectivity index (χ1) is 9.74. The molecular formula is C18H30O3. The van der Waals surface area contributed by atoms with Gasteiger partial charge < -0.3 is 14.9 Å². The monoisotopic (exact) mass is 294 g/mol.